The van der Waals surface area contributed by atoms with Gasteiger partial charge in [0.1, 0.15) is 12.1 Å². The Balaban J connectivity index is 1.70. The zero-order valence-corrected chi connectivity index (χ0v) is 14.0. The van der Waals surface area contributed by atoms with Crippen molar-refractivity contribution in [2.45, 2.75) is 13.0 Å². The maximum Gasteiger partial charge on any atom is 0.150 e. The predicted octanol–water partition coefficient (Wildman–Crippen LogP) is 3.44. The van der Waals surface area contributed by atoms with E-state index in [2.05, 4.69) is 29.0 Å². The Morgan fingerprint density at radius 1 is 1.04 bits per heavy atom. The van der Waals surface area contributed by atoms with Gasteiger partial charge in [0, 0.05) is 30.8 Å². The highest BCUT2D eigenvalue weighted by Crippen LogP contribution is 2.24. The number of carbonyl (C=O) groups excluding carboxylic acids is 1. The lowest BCUT2D eigenvalue weighted by molar-refractivity contribution is 0.112. The summed E-state index contributed by atoms with van der Waals surface area (Å²) in [5, 5.41) is 0. The summed E-state index contributed by atoms with van der Waals surface area (Å²) in [6.07, 6.45) is 1.86. The molecule has 126 valence electrons. The van der Waals surface area contributed by atoms with Gasteiger partial charge in [0.2, 0.25) is 0 Å². The summed E-state index contributed by atoms with van der Waals surface area (Å²) in [6, 6.07) is 12.6. The van der Waals surface area contributed by atoms with Gasteiger partial charge < -0.3 is 4.90 Å². The molecule has 1 fully saturated rings. The fourth-order valence-electron chi connectivity index (χ4n) is 3.14. The molecule has 0 unspecified atom stereocenters. The summed E-state index contributed by atoms with van der Waals surface area (Å²) >= 11 is 0. The number of carbonyl (C=O) groups is 1. The third-order valence-electron chi connectivity index (χ3n) is 4.61. The van der Waals surface area contributed by atoms with Crippen molar-refractivity contribution < 1.29 is 9.18 Å². The van der Waals surface area contributed by atoms with Crippen molar-refractivity contribution in [3.8, 4) is 11.1 Å². The highest BCUT2D eigenvalue weighted by atomic mass is 19.1. The molecule has 0 bridgehead atoms. The molecule has 24 heavy (non-hydrogen) atoms. The van der Waals surface area contributed by atoms with Crippen molar-refractivity contribution >= 4 is 6.29 Å². The molecule has 2 aromatic carbocycles. The molecule has 4 heteroatoms. The molecule has 0 spiro atoms. The number of likely N-dealkylation sites (N-methyl/N-ethyl adjacent to an activating group) is 1. The molecule has 3 nitrogen and oxygen atoms in total. The lowest BCUT2D eigenvalue weighted by atomic mass is 10.0. The molecule has 2 aromatic rings. The lowest BCUT2D eigenvalue weighted by Gasteiger charge is -2.20. The van der Waals surface area contributed by atoms with E-state index in [4.69, 9.17) is 0 Å². The molecule has 1 saturated heterocycles. The summed E-state index contributed by atoms with van der Waals surface area (Å²) in [6.45, 7) is 5.40. The first-order valence-electron chi connectivity index (χ1n) is 8.40. The number of benzene rings is 2. The predicted molar refractivity (Wildman–Crippen MR) is 94.6 cm³/mol. The molecule has 0 aromatic heterocycles. The molecule has 0 amide bonds. The molecule has 0 N–H and O–H groups in total. The fourth-order valence-corrected chi connectivity index (χ4v) is 3.14. The molecule has 0 atom stereocenters. The van der Waals surface area contributed by atoms with Crippen molar-refractivity contribution in [3.05, 3.63) is 59.4 Å². The largest absolute Gasteiger partial charge is 0.305 e. The average Bonchev–Trinajstić information content (AvgIpc) is 2.80. The molecule has 1 aliphatic heterocycles. The van der Waals surface area contributed by atoms with Crippen molar-refractivity contribution in [2.24, 2.45) is 0 Å². The summed E-state index contributed by atoms with van der Waals surface area (Å²) in [4.78, 5) is 15.6. The molecule has 3 rings (SSSR count). The second kappa shape index (κ2) is 7.69. The quantitative estimate of drug-likeness (QED) is 0.804. The second-order valence-corrected chi connectivity index (χ2v) is 6.49. The number of nitrogens with zero attached hydrogens (tertiary/aromatic N) is 2. The topological polar surface area (TPSA) is 23.6 Å². The maximum atomic E-state index is 14.1. The number of hydrogen-bond donors (Lipinski definition) is 0. The summed E-state index contributed by atoms with van der Waals surface area (Å²) < 4.78 is 14.1. The van der Waals surface area contributed by atoms with Crippen LogP contribution in [0.1, 0.15) is 22.3 Å². The lowest BCUT2D eigenvalue weighted by Crippen LogP contribution is -2.28. The monoisotopic (exact) mass is 326 g/mol. The van der Waals surface area contributed by atoms with Crippen LogP contribution in [0.15, 0.2) is 42.5 Å². The van der Waals surface area contributed by atoms with E-state index in [1.54, 1.807) is 12.1 Å². The van der Waals surface area contributed by atoms with E-state index in [-0.39, 0.29) is 5.82 Å². The summed E-state index contributed by atoms with van der Waals surface area (Å²) in [5.41, 5.74) is 2.97. The minimum Gasteiger partial charge on any atom is -0.305 e. The van der Waals surface area contributed by atoms with E-state index in [1.807, 2.05) is 12.1 Å². The van der Waals surface area contributed by atoms with Crippen LogP contribution in [0.4, 0.5) is 4.39 Å². The first-order chi connectivity index (χ1) is 11.7. The number of rotatable bonds is 4. The van der Waals surface area contributed by atoms with Crippen LogP contribution in [-0.4, -0.2) is 49.3 Å². The Hall–Kier alpha value is -2.04. The van der Waals surface area contributed by atoms with Gasteiger partial charge in [0.25, 0.3) is 0 Å². The van der Waals surface area contributed by atoms with Gasteiger partial charge in [0.15, 0.2) is 0 Å². The minimum atomic E-state index is -0.358. The Morgan fingerprint density at radius 2 is 1.83 bits per heavy atom. The van der Waals surface area contributed by atoms with Gasteiger partial charge in [-0.05, 0) is 43.8 Å². The highest BCUT2D eigenvalue weighted by Gasteiger charge is 2.12. The fraction of sp³-hybridized carbons (Fsp3) is 0.350. The molecular formula is C20H23FN2O. The van der Waals surface area contributed by atoms with E-state index in [0.29, 0.717) is 17.4 Å². The SMILES string of the molecule is CN1CCCN(Cc2ccc(-c3ccc(C=O)cc3F)cc2)CC1. The van der Waals surface area contributed by atoms with Crippen LogP contribution in [0.3, 0.4) is 0 Å². The second-order valence-electron chi connectivity index (χ2n) is 6.49. The van der Waals surface area contributed by atoms with Crippen molar-refractivity contribution in [1.29, 1.82) is 0 Å². The highest BCUT2D eigenvalue weighted by molar-refractivity contribution is 5.77. The van der Waals surface area contributed by atoms with Gasteiger partial charge in [-0.15, -0.1) is 0 Å². The Bertz CT molecular complexity index is 699. The van der Waals surface area contributed by atoms with Gasteiger partial charge in [-0.3, -0.25) is 9.69 Å². The van der Waals surface area contributed by atoms with Crippen LogP contribution in [0.2, 0.25) is 0 Å². The van der Waals surface area contributed by atoms with E-state index >= 15 is 0 Å². The van der Waals surface area contributed by atoms with Gasteiger partial charge in [0.05, 0.1) is 0 Å². The molecule has 0 aliphatic carbocycles. The van der Waals surface area contributed by atoms with Crippen LogP contribution in [0.5, 0.6) is 0 Å². The van der Waals surface area contributed by atoms with Crippen LogP contribution in [0, 0.1) is 5.82 Å². The van der Waals surface area contributed by atoms with Crippen molar-refractivity contribution in [2.75, 3.05) is 33.2 Å². The van der Waals surface area contributed by atoms with Gasteiger partial charge >= 0.3 is 0 Å². The van der Waals surface area contributed by atoms with Crippen LogP contribution < -0.4 is 0 Å². The molecule has 1 heterocycles. The van der Waals surface area contributed by atoms with Gasteiger partial charge in [-0.1, -0.05) is 36.4 Å². The third-order valence-corrected chi connectivity index (χ3v) is 4.61. The molecule has 1 aliphatic rings. The van der Waals surface area contributed by atoms with Crippen LogP contribution in [-0.2, 0) is 6.54 Å². The Labute approximate surface area is 142 Å². The molecule has 0 radical (unpaired) electrons. The van der Waals surface area contributed by atoms with E-state index < -0.39 is 0 Å². The first kappa shape index (κ1) is 16.8. The minimum absolute atomic E-state index is 0.358. The smallest absolute Gasteiger partial charge is 0.150 e. The molecule has 0 saturated carbocycles. The van der Waals surface area contributed by atoms with E-state index in [9.17, 15) is 9.18 Å². The Kier molecular flexibility index (Phi) is 5.38. The number of aldehydes is 1. The zero-order chi connectivity index (χ0) is 16.9. The molecular weight excluding hydrogens is 303 g/mol. The normalized spacial score (nSPS) is 16.8. The average molecular weight is 326 g/mol. The standard InChI is InChI=1S/C20H23FN2O/c1-22-9-2-10-23(12-11-22)14-16-3-6-18(7-4-16)19-8-5-17(15-24)13-20(19)21/h3-8,13,15H,2,9-12,14H2,1H3. The first-order valence-corrected chi connectivity index (χ1v) is 8.40. The van der Waals surface area contributed by atoms with Gasteiger partial charge in [-0.2, -0.15) is 0 Å². The van der Waals surface area contributed by atoms with Crippen molar-refractivity contribution in [1.82, 2.24) is 9.80 Å². The van der Waals surface area contributed by atoms with Gasteiger partial charge in [-0.25, -0.2) is 4.39 Å². The summed E-state index contributed by atoms with van der Waals surface area (Å²) in [7, 11) is 2.17. The van der Waals surface area contributed by atoms with Crippen LogP contribution in [0.25, 0.3) is 11.1 Å². The van der Waals surface area contributed by atoms with E-state index in [0.717, 1.165) is 38.3 Å². The maximum absolute atomic E-state index is 14.1. The third kappa shape index (κ3) is 4.08. The van der Waals surface area contributed by atoms with E-state index in [1.165, 1.54) is 18.1 Å². The number of hydrogen-bond acceptors (Lipinski definition) is 3. The Morgan fingerprint density at radius 3 is 2.54 bits per heavy atom. The van der Waals surface area contributed by atoms with Crippen LogP contribution >= 0.6 is 0 Å². The zero-order valence-electron chi connectivity index (χ0n) is 14.0. The number of halogens is 1. The summed E-state index contributed by atoms with van der Waals surface area (Å²) in [5.74, 6) is -0.358. The van der Waals surface area contributed by atoms with Crippen molar-refractivity contribution in [3.63, 3.8) is 0 Å².